The third-order valence-corrected chi connectivity index (χ3v) is 4.34. The molecule has 0 unspecified atom stereocenters. The van der Waals surface area contributed by atoms with Crippen molar-refractivity contribution in [2.24, 2.45) is 5.73 Å². The molecule has 0 bridgehead atoms. The molecule has 2 rings (SSSR count). The average Bonchev–Trinajstić information content (AvgIpc) is 3.03. The van der Waals surface area contributed by atoms with Gasteiger partial charge in [-0.25, -0.2) is 4.98 Å². The Morgan fingerprint density at radius 3 is 2.68 bits per heavy atom. The number of ketones is 1. The predicted molar refractivity (Wildman–Crippen MR) is 88.4 cm³/mol. The number of nitrogens with two attached hydrogens (primary N) is 1. The topological polar surface area (TPSA) is 95.6 Å². The van der Waals surface area contributed by atoms with E-state index in [1.165, 1.54) is 11.3 Å². The van der Waals surface area contributed by atoms with Crippen LogP contribution in [-0.2, 0) is 6.42 Å². The number of nitrogens with one attached hydrogen (secondary N) is 1. The number of carbonyl (C=O) groups excluding carboxylic acids is 1. The van der Waals surface area contributed by atoms with Crippen LogP contribution in [0.3, 0.4) is 0 Å². The summed E-state index contributed by atoms with van der Waals surface area (Å²) in [5.74, 6) is 0.0442. The monoisotopic (exact) mass is 314 g/mol. The number of aromatic amines is 1. The summed E-state index contributed by atoms with van der Waals surface area (Å²) in [6.45, 7) is 7.15. The van der Waals surface area contributed by atoms with Crippen LogP contribution in [0.25, 0.3) is 17.0 Å². The van der Waals surface area contributed by atoms with Gasteiger partial charge in [0.1, 0.15) is 16.6 Å². The van der Waals surface area contributed by atoms with Crippen molar-refractivity contribution in [2.45, 2.75) is 34.1 Å². The van der Waals surface area contributed by atoms with Gasteiger partial charge in [0.25, 0.3) is 0 Å². The summed E-state index contributed by atoms with van der Waals surface area (Å²) >= 11 is 1.37. The quantitative estimate of drug-likeness (QED) is 0.667. The third kappa shape index (κ3) is 2.68. The first-order valence-corrected chi connectivity index (χ1v) is 7.83. The standard InChI is InChI=1S/C16H18N4OS/c1-5-11-14(10(4)21)9(3)19-15(11)13-7-22-16(20-13)12(6-17)8(2)18/h7,19H,5,18H2,1-4H3. The molecule has 0 fully saturated rings. The molecule has 0 radical (unpaired) electrons. The molecule has 0 aliphatic rings. The van der Waals surface area contributed by atoms with Gasteiger partial charge in [-0.2, -0.15) is 5.26 Å². The van der Waals surface area contributed by atoms with E-state index < -0.39 is 0 Å². The summed E-state index contributed by atoms with van der Waals surface area (Å²) in [6, 6.07) is 2.08. The predicted octanol–water partition coefficient (Wildman–Crippen LogP) is 3.42. The summed E-state index contributed by atoms with van der Waals surface area (Å²) in [5.41, 5.74) is 10.7. The Morgan fingerprint density at radius 1 is 1.50 bits per heavy atom. The Kier molecular flexibility index (Phi) is 4.48. The van der Waals surface area contributed by atoms with Gasteiger partial charge in [0, 0.05) is 22.3 Å². The van der Waals surface area contributed by atoms with Gasteiger partial charge in [0.2, 0.25) is 0 Å². The summed E-state index contributed by atoms with van der Waals surface area (Å²) in [4.78, 5) is 19.6. The van der Waals surface area contributed by atoms with Crippen molar-refractivity contribution in [3.63, 3.8) is 0 Å². The molecule has 0 saturated heterocycles. The lowest BCUT2D eigenvalue weighted by molar-refractivity contribution is 0.101. The first-order valence-electron chi connectivity index (χ1n) is 6.95. The number of carbonyl (C=O) groups is 1. The highest BCUT2D eigenvalue weighted by Gasteiger charge is 2.20. The van der Waals surface area contributed by atoms with Crippen LogP contribution in [0.5, 0.6) is 0 Å². The molecule has 114 valence electrons. The van der Waals surface area contributed by atoms with Gasteiger partial charge in [-0.1, -0.05) is 6.92 Å². The second kappa shape index (κ2) is 6.16. The molecule has 0 saturated carbocycles. The molecule has 6 heteroatoms. The lowest BCUT2D eigenvalue weighted by Gasteiger charge is -2.01. The van der Waals surface area contributed by atoms with E-state index in [4.69, 9.17) is 5.73 Å². The second-order valence-corrected chi connectivity index (χ2v) is 5.95. The van der Waals surface area contributed by atoms with Crippen LogP contribution in [0.4, 0.5) is 0 Å². The van der Waals surface area contributed by atoms with E-state index in [0.29, 0.717) is 16.3 Å². The van der Waals surface area contributed by atoms with Crippen molar-refractivity contribution in [2.75, 3.05) is 0 Å². The Bertz CT molecular complexity index is 801. The number of nitrogens with zero attached hydrogens (tertiary/aromatic N) is 2. The van der Waals surface area contributed by atoms with Crippen molar-refractivity contribution in [3.05, 3.63) is 32.9 Å². The number of aromatic nitrogens is 2. The SMILES string of the molecule is CCc1c(-c2csc(C(C#N)=C(C)N)n2)[nH]c(C)c1C(C)=O. The second-order valence-electron chi connectivity index (χ2n) is 5.10. The van der Waals surface area contributed by atoms with E-state index in [1.807, 2.05) is 19.2 Å². The molecular formula is C16H18N4OS. The van der Waals surface area contributed by atoms with Crippen LogP contribution in [0.1, 0.15) is 47.4 Å². The van der Waals surface area contributed by atoms with Crippen LogP contribution >= 0.6 is 11.3 Å². The number of aryl methyl sites for hydroxylation is 1. The number of thiazole rings is 1. The zero-order chi connectivity index (χ0) is 16.4. The Hall–Kier alpha value is -2.39. The fraction of sp³-hybridized carbons (Fsp3) is 0.312. The van der Waals surface area contributed by atoms with Crippen molar-refractivity contribution in [1.29, 1.82) is 5.26 Å². The molecule has 0 amide bonds. The number of Topliss-reactive ketones (excluding diaryl/α,β-unsaturated/α-hetero) is 1. The minimum atomic E-state index is 0.0442. The molecular weight excluding hydrogens is 296 g/mol. The van der Waals surface area contributed by atoms with Crippen molar-refractivity contribution >= 4 is 22.7 Å². The van der Waals surface area contributed by atoms with Crippen molar-refractivity contribution in [1.82, 2.24) is 9.97 Å². The van der Waals surface area contributed by atoms with Crippen LogP contribution in [0.15, 0.2) is 11.1 Å². The fourth-order valence-corrected chi connectivity index (χ4v) is 3.40. The largest absolute Gasteiger partial charge is 0.401 e. The average molecular weight is 314 g/mol. The molecule has 2 heterocycles. The molecule has 0 aromatic carbocycles. The molecule has 0 spiro atoms. The summed E-state index contributed by atoms with van der Waals surface area (Å²) in [6.07, 6.45) is 0.734. The molecule has 0 atom stereocenters. The number of H-pyrrole nitrogens is 1. The molecule has 5 nitrogen and oxygen atoms in total. The van der Waals surface area contributed by atoms with Crippen LogP contribution in [-0.4, -0.2) is 15.8 Å². The van der Waals surface area contributed by atoms with Crippen molar-refractivity contribution in [3.8, 4) is 17.5 Å². The van der Waals surface area contributed by atoms with Crippen molar-refractivity contribution < 1.29 is 4.79 Å². The Labute approximate surface area is 133 Å². The minimum absolute atomic E-state index is 0.0442. The van der Waals surface area contributed by atoms with Gasteiger partial charge >= 0.3 is 0 Å². The maximum absolute atomic E-state index is 11.8. The lowest BCUT2D eigenvalue weighted by Crippen LogP contribution is -1.98. The highest BCUT2D eigenvalue weighted by Crippen LogP contribution is 2.31. The normalized spacial score (nSPS) is 12.0. The van der Waals surface area contributed by atoms with E-state index in [9.17, 15) is 10.1 Å². The first kappa shape index (κ1) is 16.0. The molecule has 0 aliphatic heterocycles. The van der Waals surface area contributed by atoms with Gasteiger partial charge in [-0.3, -0.25) is 4.79 Å². The summed E-state index contributed by atoms with van der Waals surface area (Å²) < 4.78 is 0. The van der Waals surface area contributed by atoms with E-state index in [0.717, 1.165) is 34.6 Å². The van der Waals surface area contributed by atoms with E-state index >= 15 is 0 Å². The van der Waals surface area contributed by atoms with E-state index in [2.05, 4.69) is 16.0 Å². The molecule has 22 heavy (non-hydrogen) atoms. The molecule has 2 aromatic rings. The highest BCUT2D eigenvalue weighted by molar-refractivity contribution is 7.11. The zero-order valence-electron chi connectivity index (χ0n) is 13.1. The number of nitriles is 1. The molecule has 0 aliphatic carbocycles. The minimum Gasteiger partial charge on any atom is -0.401 e. The number of hydrogen-bond acceptors (Lipinski definition) is 5. The molecule has 3 N–H and O–H groups in total. The van der Waals surface area contributed by atoms with E-state index in [-0.39, 0.29) is 5.78 Å². The first-order chi connectivity index (χ1) is 10.4. The number of allylic oxidation sites excluding steroid dienone is 2. The van der Waals surface area contributed by atoms with Crippen LogP contribution in [0, 0.1) is 18.3 Å². The van der Waals surface area contributed by atoms with Crippen LogP contribution in [0.2, 0.25) is 0 Å². The smallest absolute Gasteiger partial charge is 0.161 e. The molecule has 2 aromatic heterocycles. The zero-order valence-corrected chi connectivity index (χ0v) is 13.9. The van der Waals surface area contributed by atoms with Gasteiger partial charge in [0.15, 0.2) is 5.78 Å². The Morgan fingerprint density at radius 2 is 2.18 bits per heavy atom. The number of rotatable bonds is 4. The lowest BCUT2D eigenvalue weighted by atomic mass is 10.0. The summed E-state index contributed by atoms with van der Waals surface area (Å²) in [7, 11) is 0. The van der Waals surface area contributed by atoms with Crippen LogP contribution < -0.4 is 5.73 Å². The maximum Gasteiger partial charge on any atom is 0.161 e. The highest BCUT2D eigenvalue weighted by atomic mass is 32.1. The van der Waals surface area contributed by atoms with Gasteiger partial charge in [0.05, 0.1) is 11.4 Å². The maximum atomic E-state index is 11.8. The van der Waals surface area contributed by atoms with Gasteiger partial charge in [-0.05, 0) is 32.8 Å². The number of hydrogen-bond donors (Lipinski definition) is 2. The fourth-order valence-electron chi connectivity index (χ4n) is 2.53. The summed E-state index contributed by atoms with van der Waals surface area (Å²) in [5, 5.41) is 11.7. The van der Waals surface area contributed by atoms with Gasteiger partial charge in [-0.15, -0.1) is 11.3 Å². The van der Waals surface area contributed by atoms with E-state index in [1.54, 1.807) is 13.8 Å². The Balaban J connectivity index is 2.58. The van der Waals surface area contributed by atoms with Gasteiger partial charge < -0.3 is 10.7 Å². The third-order valence-electron chi connectivity index (χ3n) is 3.48.